The van der Waals surface area contributed by atoms with E-state index in [4.69, 9.17) is 9.47 Å². The van der Waals surface area contributed by atoms with Crippen LogP contribution < -0.4 is 5.32 Å². The molecule has 2 aliphatic rings. The van der Waals surface area contributed by atoms with E-state index in [1.54, 1.807) is 23.9 Å². The summed E-state index contributed by atoms with van der Waals surface area (Å²) in [6.07, 6.45) is 2.64. The molecule has 2 saturated carbocycles. The number of aliphatic hydroxyl groups is 1. The number of nitrogens with one attached hydrogen (secondary N) is 1. The second kappa shape index (κ2) is 17.2. The molecule has 2 bridgehead atoms. The zero-order valence-corrected chi connectivity index (χ0v) is 27.6. The summed E-state index contributed by atoms with van der Waals surface area (Å²) in [7, 11) is 0. The molecule has 2 aliphatic carbocycles. The molecule has 2 unspecified atom stereocenters. The molecular weight excluding hydrogens is 634 g/mol. The van der Waals surface area contributed by atoms with E-state index >= 15 is 0 Å². The molecule has 0 saturated heterocycles. The maximum Gasteiger partial charge on any atom is 0.410 e. The van der Waals surface area contributed by atoms with Crippen LogP contribution in [-0.4, -0.2) is 82.2 Å². The maximum atomic E-state index is 13.2. The van der Waals surface area contributed by atoms with Gasteiger partial charge in [-0.05, 0) is 72.1 Å². The highest BCUT2D eigenvalue weighted by molar-refractivity contribution is 7.99. The maximum absolute atomic E-state index is 13.2. The average molecular weight is 678 g/mol. The van der Waals surface area contributed by atoms with Crippen molar-refractivity contribution in [1.82, 2.24) is 15.1 Å². The number of phenols is 1. The second-order valence-corrected chi connectivity index (χ2v) is 13.3. The van der Waals surface area contributed by atoms with Gasteiger partial charge in [-0.2, -0.15) is 0 Å². The molecule has 3 atom stereocenters. The molecule has 0 heterocycles. The Morgan fingerprint density at radius 1 is 0.854 bits per heavy atom. The van der Waals surface area contributed by atoms with E-state index in [0.29, 0.717) is 24.9 Å². The highest BCUT2D eigenvalue weighted by Crippen LogP contribution is 2.46. The van der Waals surface area contributed by atoms with Crippen LogP contribution in [0, 0.1) is 11.8 Å². The van der Waals surface area contributed by atoms with Gasteiger partial charge in [-0.15, -0.1) is 0 Å². The Hall–Kier alpha value is -4.26. The number of carbonyl (C=O) groups is 3. The molecular formula is C36H43N3O8S. The molecule has 5 rings (SSSR count). The third kappa shape index (κ3) is 9.65. The van der Waals surface area contributed by atoms with Gasteiger partial charge in [0.05, 0.1) is 13.2 Å². The molecule has 48 heavy (non-hydrogen) atoms. The minimum absolute atomic E-state index is 0.0361. The van der Waals surface area contributed by atoms with Crippen molar-refractivity contribution in [3.8, 4) is 5.75 Å². The lowest BCUT2D eigenvalue weighted by atomic mass is 9.94. The van der Waals surface area contributed by atoms with Crippen LogP contribution in [0.25, 0.3) is 0 Å². The quantitative estimate of drug-likeness (QED) is 0.144. The van der Waals surface area contributed by atoms with Crippen LogP contribution in [0.1, 0.15) is 42.4 Å². The topological polar surface area (TPSA) is 149 Å². The molecule has 4 N–H and O–H groups in total. The number of aliphatic hydroxyl groups excluding tert-OH is 1. The molecule has 2 fully saturated rings. The lowest BCUT2D eigenvalue weighted by Gasteiger charge is -2.33. The summed E-state index contributed by atoms with van der Waals surface area (Å²) < 4.78 is 11.1. The van der Waals surface area contributed by atoms with Crippen LogP contribution in [0.4, 0.5) is 9.59 Å². The lowest BCUT2D eigenvalue weighted by Crippen LogP contribution is -2.47. The Labute approximate surface area is 284 Å². The number of hydrogen-bond acceptors (Lipinski definition) is 9. The largest absolute Gasteiger partial charge is 0.508 e. The SMILES string of the molecule is O=C(O)CN(C(=O)OCCN(Cc1ccc(O)cc1)C(=O)OCCNCc1ccccc1Sc1ccccc1CO)[C@H]1CC2CCC1C2. The van der Waals surface area contributed by atoms with Gasteiger partial charge >= 0.3 is 18.2 Å². The predicted octanol–water partition coefficient (Wildman–Crippen LogP) is 5.48. The highest BCUT2D eigenvalue weighted by atomic mass is 32.2. The zero-order valence-electron chi connectivity index (χ0n) is 26.8. The standard InChI is InChI=1S/C36H43N3O8S/c40-24-29-6-2-4-8-33(29)48-32-7-3-1-5-28(32)21-37-15-17-46-35(44)38(22-25-10-13-30(41)14-11-25)16-18-47-36(45)39(23-34(42)43)31-20-26-9-12-27(31)19-26/h1-8,10-11,13-14,26-27,31,37,40-41H,9,12,15-24H2,(H,42,43)/t26?,27?,31-/m0/s1. The fraction of sp³-hybridized carbons (Fsp3) is 0.417. The van der Waals surface area contributed by atoms with E-state index in [-0.39, 0.29) is 44.7 Å². The average Bonchev–Trinajstić information content (AvgIpc) is 3.72. The minimum Gasteiger partial charge on any atom is -0.508 e. The first-order valence-electron chi connectivity index (χ1n) is 16.3. The van der Waals surface area contributed by atoms with Crippen LogP contribution in [0.3, 0.4) is 0 Å². The summed E-state index contributed by atoms with van der Waals surface area (Å²) in [4.78, 5) is 42.6. The lowest BCUT2D eigenvalue weighted by molar-refractivity contribution is -0.138. The fourth-order valence-corrected chi connectivity index (χ4v) is 7.63. The number of rotatable bonds is 16. The molecule has 0 radical (unpaired) electrons. The third-order valence-corrected chi connectivity index (χ3v) is 10.2. The van der Waals surface area contributed by atoms with E-state index in [1.165, 1.54) is 21.9 Å². The number of carboxylic acids is 1. The van der Waals surface area contributed by atoms with Crippen molar-refractivity contribution in [2.24, 2.45) is 11.8 Å². The van der Waals surface area contributed by atoms with E-state index in [2.05, 4.69) is 5.32 Å². The molecule has 2 amide bonds. The van der Waals surface area contributed by atoms with Gasteiger partial charge in [0.25, 0.3) is 0 Å². The number of hydrogen-bond donors (Lipinski definition) is 4. The summed E-state index contributed by atoms with van der Waals surface area (Å²) in [5, 5.41) is 32.2. The zero-order chi connectivity index (χ0) is 33.9. The first-order chi connectivity index (χ1) is 23.3. The first-order valence-corrected chi connectivity index (χ1v) is 17.1. The van der Waals surface area contributed by atoms with Crippen molar-refractivity contribution in [2.75, 3.05) is 32.8 Å². The van der Waals surface area contributed by atoms with Gasteiger partial charge in [-0.25, -0.2) is 9.59 Å². The Bertz CT molecular complexity index is 1540. The van der Waals surface area contributed by atoms with Gasteiger partial charge < -0.3 is 35.0 Å². The summed E-state index contributed by atoms with van der Waals surface area (Å²) in [6, 6.07) is 22.0. The van der Waals surface area contributed by atoms with Crippen LogP contribution in [0.2, 0.25) is 0 Å². The summed E-state index contributed by atoms with van der Waals surface area (Å²) in [5.74, 6) is -0.163. The molecule has 3 aromatic rings. The van der Waals surface area contributed by atoms with Gasteiger partial charge in [0.15, 0.2) is 0 Å². The number of benzene rings is 3. The minimum atomic E-state index is -1.09. The molecule has 0 aliphatic heterocycles. The van der Waals surface area contributed by atoms with Crippen LogP contribution in [-0.2, 0) is 34.0 Å². The Morgan fingerprint density at radius 3 is 2.21 bits per heavy atom. The number of carboxylic acid groups (broad SMARTS) is 1. The second-order valence-electron chi connectivity index (χ2n) is 12.2. The molecule has 0 spiro atoms. The van der Waals surface area contributed by atoms with Crippen molar-refractivity contribution < 1.29 is 39.2 Å². The monoisotopic (exact) mass is 677 g/mol. The number of ether oxygens (including phenoxy) is 2. The molecule has 3 aromatic carbocycles. The Balaban J connectivity index is 1.13. The van der Waals surface area contributed by atoms with Crippen LogP contribution >= 0.6 is 11.8 Å². The number of aromatic hydroxyl groups is 1. The van der Waals surface area contributed by atoms with Gasteiger partial charge in [0.2, 0.25) is 0 Å². The molecule has 12 heteroatoms. The smallest absolute Gasteiger partial charge is 0.410 e. The third-order valence-electron chi connectivity index (χ3n) is 8.95. The van der Waals surface area contributed by atoms with Crippen molar-refractivity contribution >= 4 is 29.9 Å². The molecule has 256 valence electrons. The van der Waals surface area contributed by atoms with Crippen molar-refractivity contribution in [3.63, 3.8) is 0 Å². The highest BCUT2D eigenvalue weighted by Gasteiger charge is 2.44. The number of phenolic OH excluding ortho intramolecular Hbond substituents is 1. The number of aliphatic carboxylic acids is 1. The number of amides is 2. The fourth-order valence-electron chi connectivity index (χ4n) is 6.57. The van der Waals surface area contributed by atoms with E-state index in [9.17, 15) is 29.7 Å². The van der Waals surface area contributed by atoms with Crippen molar-refractivity contribution in [1.29, 1.82) is 0 Å². The summed E-state index contributed by atoms with van der Waals surface area (Å²) in [6.45, 7) is 0.659. The molecule has 0 aromatic heterocycles. The van der Waals surface area contributed by atoms with Gasteiger partial charge in [-0.3, -0.25) is 9.69 Å². The molecule has 11 nitrogen and oxygen atoms in total. The number of carbonyl (C=O) groups excluding carboxylic acids is 2. The first kappa shape index (κ1) is 35.1. The summed E-state index contributed by atoms with van der Waals surface area (Å²) in [5.41, 5.74) is 2.68. The number of nitrogens with zero attached hydrogens (tertiary/aromatic N) is 2. The van der Waals surface area contributed by atoms with Crippen LogP contribution in [0.15, 0.2) is 82.6 Å². The van der Waals surface area contributed by atoms with Crippen molar-refractivity contribution in [3.05, 3.63) is 89.5 Å². The normalized spacial score (nSPS) is 18.0. The van der Waals surface area contributed by atoms with E-state index < -0.39 is 24.7 Å². The Kier molecular flexibility index (Phi) is 12.6. The van der Waals surface area contributed by atoms with E-state index in [0.717, 1.165) is 52.2 Å². The van der Waals surface area contributed by atoms with Crippen LogP contribution in [0.5, 0.6) is 5.75 Å². The van der Waals surface area contributed by atoms with Gasteiger partial charge in [0.1, 0.15) is 25.5 Å². The Morgan fingerprint density at radius 2 is 1.54 bits per heavy atom. The summed E-state index contributed by atoms with van der Waals surface area (Å²) >= 11 is 1.59. The van der Waals surface area contributed by atoms with Gasteiger partial charge in [-0.1, -0.05) is 66.7 Å². The number of fused-ring (bicyclic) bond motifs is 2. The predicted molar refractivity (Wildman–Crippen MR) is 179 cm³/mol. The van der Waals surface area contributed by atoms with Gasteiger partial charge in [0, 0.05) is 35.5 Å². The van der Waals surface area contributed by atoms with Crippen molar-refractivity contribution in [2.45, 2.75) is 61.2 Å². The van der Waals surface area contributed by atoms with E-state index in [1.807, 2.05) is 48.5 Å².